The highest BCUT2D eigenvalue weighted by Gasteiger charge is 2.32. The summed E-state index contributed by atoms with van der Waals surface area (Å²) in [5, 5.41) is 22.4. The molecule has 1 saturated carbocycles. The molecule has 0 unspecified atom stereocenters. The molecule has 1 aromatic rings. The van der Waals surface area contributed by atoms with Gasteiger partial charge < -0.3 is 15.3 Å². The summed E-state index contributed by atoms with van der Waals surface area (Å²) >= 11 is 0. The van der Waals surface area contributed by atoms with Gasteiger partial charge in [0, 0.05) is 24.7 Å². The number of rotatable bonds is 5. The number of aliphatic hydroxyl groups excluding tert-OH is 1. The Labute approximate surface area is 116 Å². The number of nitro groups is 1. The normalized spacial score (nSPS) is 13.9. The number of aliphatic hydroxyl groups is 1. The van der Waals surface area contributed by atoms with Crippen molar-refractivity contribution in [3.05, 3.63) is 33.9 Å². The Balaban J connectivity index is 2.13. The number of carbonyl (C=O) groups is 1. The second kappa shape index (κ2) is 5.87. The number of hydrogen-bond donors (Lipinski definition) is 2. The molecule has 1 aliphatic rings. The van der Waals surface area contributed by atoms with E-state index in [0.29, 0.717) is 5.69 Å². The number of amides is 2. The van der Waals surface area contributed by atoms with Crippen molar-refractivity contribution in [2.75, 3.05) is 18.5 Å². The fourth-order valence-electron chi connectivity index (χ4n) is 1.99. The summed E-state index contributed by atoms with van der Waals surface area (Å²) in [6.45, 7) is 1.94. The molecule has 0 bridgehead atoms. The molecule has 0 spiro atoms. The van der Waals surface area contributed by atoms with Crippen molar-refractivity contribution in [2.45, 2.75) is 25.8 Å². The molecule has 2 rings (SSSR count). The van der Waals surface area contributed by atoms with E-state index >= 15 is 0 Å². The van der Waals surface area contributed by atoms with Crippen LogP contribution in [0.4, 0.5) is 16.2 Å². The minimum atomic E-state index is -0.499. The lowest BCUT2D eigenvalue weighted by atomic mass is 10.2. The summed E-state index contributed by atoms with van der Waals surface area (Å²) in [5.41, 5.74) is 1.11. The van der Waals surface area contributed by atoms with Gasteiger partial charge in [-0.25, -0.2) is 4.79 Å². The first kappa shape index (κ1) is 14.3. The van der Waals surface area contributed by atoms with Gasteiger partial charge in [-0.15, -0.1) is 0 Å². The Morgan fingerprint density at radius 2 is 2.25 bits per heavy atom. The number of non-ortho nitro benzene ring substituents is 1. The largest absolute Gasteiger partial charge is 0.395 e. The van der Waals surface area contributed by atoms with Crippen LogP contribution in [0.5, 0.6) is 0 Å². The van der Waals surface area contributed by atoms with Gasteiger partial charge in [0.2, 0.25) is 0 Å². The highest BCUT2D eigenvalue weighted by atomic mass is 16.6. The molecule has 0 radical (unpaired) electrons. The van der Waals surface area contributed by atoms with Crippen LogP contribution in [-0.4, -0.2) is 40.2 Å². The molecule has 2 N–H and O–H groups in total. The van der Waals surface area contributed by atoms with Gasteiger partial charge in [-0.1, -0.05) is 6.07 Å². The molecular formula is C13H17N3O4. The lowest BCUT2D eigenvalue weighted by Gasteiger charge is -2.22. The van der Waals surface area contributed by atoms with E-state index in [1.165, 1.54) is 12.1 Å². The average molecular weight is 279 g/mol. The SMILES string of the molecule is Cc1ccc([N+](=O)[O-])cc1NC(=O)N(CCO)C1CC1. The second-order valence-electron chi connectivity index (χ2n) is 4.83. The van der Waals surface area contributed by atoms with Gasteiger partial charge in [0.1, 0.15) is 0 Å². The molecule has 1 aliphatic carbocycles. The Hall–Kier alpha value is -2.15. The highest BCUT2D eigenvalue weighted by Crippen LogP contribution is 2.28. The predicted octanol–water partition coefficient (Wildman–Crippen LogP) is 1.89. The van der Waals surface area contributed by atoms with Crippen LogP contribution in [0.2, 0.25) is 0 Å². The first-order valence-corrected chi connectivity index (χ1v) is 6.46. The Morgan fingerprint density at radius 3 is 2.80 bits per heavy atom. The number of carbonyl (C=O) groups excluding carboxylic acids is 1. The summed E-state index contributed by atoms with van der Waals surface area (Å²) in [7, 11) is 0. The van der Waals surface area contributed by atoms with Gasteiger partial charge >= 0.3 is 6.03 Å². The van der Waals surface area contributed by atoms with Crippen LogP contribution < -0.4 is 5.32 Å². The molecule has 0 atom stereocenters. The maximum absolute atomic E-state index is 12.2. The predicted molar refractivity (Wildman–Crippen MR) is 73.7 cm³/mol. The zero-order valence-corrected chi connectivity index (χ0v) is 11.2. The number of benzene rings is 1. The zero-order valence-electron chi connectivity index (χ0n) is 11.2. The minimum absolute atomic E-state index is 0.0639. The molecule has 20 heavy (non-hydrogen) atoms. The smallest absolute Gasteiger partial charge is 0.322 e. The molecule has 1 aromatic carbocycles. The fourth-order valence-corrected chi connectivity index (χ4v) is 1.99. The molecule has 2 amide bonds. The van der Waals surface area contributed by atoms with Crippen molar-refractivity contribution in [2.24, 2.45) is 0 Å². The fraction of sp³-hybridized carbons (Fsp3) is 0.462. The number of anilines is 1. The van der Waals surface area contributed by atoms with Crippen LogP contribution in [0.3, 0.4) is 0 Å². The van der Waals surface area contributed by atoms with E-state index in [0.717, 1.165) is 18.4 Å². The van der Waals surface area contributed by atoms with E-state index < -0.39 is 4.92 Å². The van der Waals surface area contributed by atoms with Crippen molar-refractivity contribution in [3.63, 3.8) is 0 Å². The first-order chi connectivity index (χ1) is 9.52. The van der Waals surface area contributed by atoms with E-state index in [-0.39, 0.29) is 30.9 Å². The number of nitro benzene ring substituents is 1. The molecule has 0 aromatic heterocycles. The minimum Gasteiger partial charge on any atom is -0.395 e. The highest BCUT2D eigenvalue weighted by molar-refractivity contribution is 5.91. The quantitative estimate of drug-likeness (QED) is 0.635. The van der Waals surface area contributed by atoms with Crippen molar-refractivity contribution < 1.29 is 14.8 Å². The van der Waals surface area contributed by atoms with Crippen LogP contribution >= 0.6 is 0 Å². The van der Waals surface area contributed by atoms with E-state index in [1.807, 2.05) is 0 Å². The van der Waals surface area contributed by atoms with Gasteiger partial charge in [-0.3, -0.25) is 10.1 Å². The zero-order chi connectivity index (χ0) is 14.7. The molecule has 7 heteroatoms. The Morgan fingerprint density at radius 1 is 1.55 bits per heavy atom. The van der Waals surface area contributed by atoms with E-state index in [9.17, 15) is 14.9 Å². The number of hydrogen-bond acceptors (Lipinski definition) is 4. The van der Waals surface area contributed by atoms with E-state index in [4.69, 9.17) is 5.11 Å². The molecule has 1 fully saturated rings. The van der Waals surface area contributed by atoms with E-state index in [2.05, 4.69) is 5.32 Å². The molecule has 0 aliphatic heterocycles. The van der Waals surface area contributed by atoms with E-state index in [1.54, 1.807) is 17.9 Å². The molecule has 108 valence electrons. The summed E-state index contributed by atoms with van der Waals surface area (Å²) in [6, 6.07) is 4.18. The maximum atomic E-state index is 12.2. The number of nitrogens with one attached hydrogen (secondary N) is 1. The summed E-state index contributed by atoms with van der Waals surface area (Å²) in [6.07, 6.45) is 1.86. The topological polar surface area (TPSA) is 95.7 Å². The van der Waals surface area contributed by atoms with Gasteiger partial charge in [-0.05, 0) is 25.3 Å². The van der Waals surface area contributed by atoms with Crippen LogP contribution in [0.15, 0.2) is 18.2 Å². The summed E-state index contributed by atoms with van der Waals surface area (Å²) < 4.78 is 0. The number of aryl methyl sites for hydroxylation is 1. The lowest BCUT2D eigenvalue weighted by molar-refractivity contribution is -0.384. The van der Waals surface area contributed by atoms with Crippen molar-refractivity contribution in [3.8, 4) is 0 Å². The van der Waals surface area contributed by atoms with Crippen molar-refractivity contribution >= 4 is 17.4 Å². The van der Waals surface area contributed by atoms with Gasteiger partial charge in [0.15, 0.2) is 0 Å². The molecular weight excluding hydrogens is 262 g/mol. The summed E-state index contributed by atoms with van der Waals surface area (Å²) in [5.74, 6) is 0. The first-order valence-electron chi connectivity index (χ1n) is 6.46. The number of urea groups is 1. The van der Waals surface area contributed by atoms with Gasteiger partial charge in [-0.2, -0.15) is 0 Å². The summed E-state index contributed by atoms with van der Waals surface area (Å²) in [4.78, 5) is 24.0. The lowest BCUT2D eigenvalue weighted by Crippen LogP contribution is -2.38. The Bertz CT molecular complexity index is 528. The van der Waals surface area contributed by atoms with Crippen LogP contribution in [0.1, 0.15) is 18.4 Å². The maximum Gasteiger partial charge on any atom is 0.322 e. The third-order valence-electron chi connectivity index (χ3n) is 3.26. The van der Waals surface area contributed by atoms with Crippen molar-refractivity contribution in [1.82, 2.24) is 4.90 Å². The third-order valence-corrected chi connectivity index (χ3v) is 3.26. The van der Waals surface area contributed by atoms with Crippen LogP contribution in [0.25, 0.3) is 0 Å². The number of nitrogens with zero attached hydrogens (tertiary/aromatic N) is 2. The van der Waals surface area contributed by atoms with Gasteiger partial charge in [0.25, 0.3) is 5.69 Å². The molecule has 7 nitrogen and oxygen atoms in total. The molecule has 0 saturated heterocycles. The Kier molecular flexibility index (Phi) is 4.19. The van der Waals surface area contributed by atoms with Crippen molar-refractivity contribution in [1.29, 1.82) is 0 Å². The molecule has 0 heterocycles. The standard InChI is InChI=1S/C13H17N3O4/c1-9-2-3-11(16(19)20)8-12(9)14-13(18)15(6-7-17)10-4-5-10/h2-3,8,10,17H,4-7H2,1H3,(H,14,18). The average Bonchev–Trinajstić information content (AvgIpc) is 3.22. The second-order valence-corrected chi connectivity index (χ2v) is 4.83. The van der Waals surface area contributed by atoms with Gasteiger partial charge in [0.05, 0.1) is 17.2 Å². The van der Waals surface area contributed by atoms with Crippen LogP contribution in [0, 0.1) is 17.0 Å². The van der Waals surface area contributed by atoms with Crippen LogP contribution in [-0.2, 0) is 0 Å². The third kappa shape index (κ3) is 3.24. The monoisotopic (exact) mass is 279 g/mol.